The Morgan fingerprint density at radius 3 is 2.60 bits per heavy atom. The van der Waals surface area contributed by atoms with Gasteiger partial charge in [-0.15, -0.1) is 0 Å². The Morgan fingerprint density at radius 2 is 1.95 bits per heavy atom. The lowest BCUT2D eigenvalue weighted by molar-refractivity contribution is -0.120. The van der Waals surface area contributed by atoms with Gasteiger partial charge in [0.2, 0.25) is 5.91 Å². The molecule has 110 valence electrons. The fourth-order valence-electron chi connectivity index (χ4n) is 1.66. The normalized spacial score (nSPS) is 9.95. The molecule has 20 heavy (non-hydrogen) atoms. The molecule has 6 heteroatoms. The van der Waals surface area contributed by atoms with Gasteiger partial charge in [-0.3, -0.25) is 9.59 Å². The van der Waals surface area contributed by atoms with Crippen molar-refractivity contribution in [2.24, 2.45) is 0 Å². The van der Waals surface area contributed by atoms with Gasteiger partial charge in [-0.25, -0.2) is 4.39 Å². The highest BCUT2D eigenvalue weighted by atomic mass is 19.1. The maximum atomic E-state index is 13.7. The molecule has 0 aliphatic carbocycles. The number of nitrogens with one attached hydrogen (secondary N) is 3. The Labute approximate surface area is 117 Å². The topological polar surface area (TPSA) is 70.2 Å². The standard InChI is InChI=1S/C14H20FN3O2/c1-3-8-17-13-10(6-5-7-11(13)15)14(20)18-9-12(19)16-4-2/h5-7,17H,3-4,8-9H2,1-2H3,(H,16,19)(H,18,20). The maximum absolute atomic E-state index is 13.7. The van der Waals surface area contributed by atoms with Crippen LogP contribution in [-0.2, 0) is 4.79 Å². The number of likely N-dealkylation sites (N-methyl/N-ethyl adjacent to an activating group) is 1. The first-order chi connectivity index (χ1) is 9.60. The fraction of sp³-hybridized carbons (Fsp3) is 0.429. The van der Waals surface area contributed by atoms with Gasteiger partial charge in [0.1, 0.15) is 5.82 Å². The summed E-state index contributed by atoms with van der Waals surface area (Å²) in [5, 5.41) is 7.93. The van der Waals surface area contributed by atoms with Crippen LogP contribution in [-0.4, -0.2) is 31.4 Å². The number of halogens is 1. The minimum absolute atomic E-state index is 0.129. The molecule has 0 aromatic heterocycles. The molecule has 0 spiro atoms. The van der Waals surface area contributed by atoms with Crippen LogP contribution in [0.15, 0.2) is 18.2 Å². The summed E-state index contributed by atoms with van der Waals surface area (Å²) in [7, 11) is 0. The van der Waals surface area contributed by atoms with Crippen molar-refractivity contribution in [2.75, 3.05) is 25.0 Å². The van der Waals surface area contributed by atoms with E-state index in [2.05, 4.69) is 16.0 Å². The molecule has 1 rings (SSSR count). The molecule has 3 N–H and O–H groups in total. The summed E-state index contributed by atoms with van der Waals surface area (Å²) >= 11 is 0. The van der Waals surface area contributed by atoms with Gasteiger partial charge in [0.05, 0.1) is 17.8 Å². The van der Waals surface area contributed by atoms with Gasteiger partial charge in [0.25, 0.3) is 5.91 Å². The quantitative estimate of drug-likeness (QED) is 0.709. The Kier molecular flexibility index (Phi) is 6.49. The second-order valence-corrected chi connectivity index (χ2v) is 4.23. The summed E-state index contributed by atoms with van der Waals surface area (Å²) in [6.45, 7) is 4.67. The molecule has 0 aliphatic heterocycles. The molecule has 0 saturated carbocycles. The molecule has 0 bridgehead atoms. The van der Waals surface area contributed by atoms with Crippen molar-refractivity contribution in [3.63, 3.8) is 0 Å². The van der Waals surface area contributed by atoms with Gasteiger partial charge >= 0.3 is 0 Å². The Balaban J connectivity index is 2.76. The molecule has 1 aromatic carbocycles. The predicted molar refractivity (Wildman–Crippen MR) is 76.2 cm³/mol. The second kappa shape index (κ2) is 8.14. The molecule has 0 unspecified atom stereocenters. The smallest absolute Gasteiger partial charge is 0.253 e. The van der Waals surface area contributed by atoms with Crippen LogP contribution >= 0.6 is 0 Å². The molecule has 0 saturated heterocycles. The van der Waals surface area contributed by atoms with Crippen LogP contribution in [0, 0.1) is 5.82 Å². The number of benzene rings is 1. The third kappa shape index (κ3) is 4.53. The summed E-state index contributed by atoms with van der Waals surface area (Å²) in [5.74, 6) is -1.24. The number of hydrogen-bond acceptors (Lipinski definition) is 3. The van der Waals surface area contributed by atoms with E-state index in [0.29, 0.717) is 13.1 Å². The molecular weight excluding hydrogens is 261 g/mol. The summed E-state index contributed by atoms with van der Waals surface area (Å²) in [6.07, 6.45) is 0.814. The lowest BCUT2D eigenvalue weighted by Gasteiger charge is -2.12. The number of para-hydroxylation sites is 1. The molecule has 0 radical (unpaired) electrons. The molecule has 5 nitrogen and oxygen atoms in total. The van der Waals surface area contributed by atoms with E-state index in [1.165, 1.54) is 18.2 Å². The third-order valence-corrected chi connectivity index (χ3v) is 2.59. The van der Waals surface area contributed by atoms with Gasteiger partial charge in [0, 0.05) is 13.1 Å². The SMILES string of the molecule is CCCNc1c(F)cccc1C(=O)NCC(=O)NCC. The van der Waals surface area contributed by atoms with Gasteiger partial charge in [0.15, 0.2) is 0 Å². The first-order valence-electron chi connectivity index (χ1n) is 6.67. The van der Waals surface area contributed by atoms with Crippen molar-refractivity contribution in [2.45, 2.75) is 20.3 Å². The van der Waals surface area contributed by atoms with E-state index in [1.54, 1.807) is 6.92 Å². The second-order valence-electron chi connectivity index (χ2n) is 4.23. The lowest BCUT2D eigenvalue weighted by Crippen LogP contribution is -2.37. The van der Waals surface area contributed by atoms with Crippen molar-refractivity contribution in [1.82, 2.24) is 10.6 Å². The molecule has 0 aliphatic rings. The first kappa shape index (κ1) is 15.9. The van der Waals surface area contributed by atoms with E-state index in [0.717, 1.165) is 6.42 Å². The van der Waals surface area contributed by atoms with Crippen LogP contribution in [0.5, 0.6) is 0 Å². The van der Waals surface area contributed by atoms with E-state index in [1.807, 2.05) is 6.92 Å². The Hall–Kier alpha value is -2.11. The van der Waals surface area contributed by atoms with E-state index < -0.39 is 11.7 Å². The fourth-order valence-corrected chi connectivity index (χ4v) is 1.66. The van der Waals surface area contributed by atoms with Gasteiger partial charge in [-0.05, 0) is 25.5 Å². The average Bonchev–Trinajstić information content (AvgIpc) is 2.43. The predicted octanol–water partition coefficient (Wildman–Crippen LogP) is 1.51. The van der Waals surface area contributed by atoms with Crippen LogP contribution in [0.4, 0.5) is 10.1 Å². The highest BCUT2D eigenvalue weighted by Crippen LogP contribution is 2.19. The van der Waals surface area contributed by atoms with Crippen molar-refractivity contribution in [3.05, 3.63) is 29.6 Å². The number of hydrogen-bond donors (Lipinski definition) is 3. The number of carbonyl (C=O) groups excluding carboxylic acids is 2. The number of amides is 2. The van der Waals surface area contributed by atoms with Gasteiger partial charge in [-0.2, -0.15) is 0 Å². The summed E-state index contributed by atoms with van der Waals surface area (Å²) in [6, 6.07) is 4.28. The van der Waals surface area contributed by atoms with E-state index in [9.17, 15) is 14.0 Å². The minimum Gasteiger partial charge on any atom is -0.382 e. The van der Waals surface area contributed by atoms with Crippen LogP contribution in [0.2, 0.25) is 0 Å². The summed E-state index contributed by atoms with van der Waals surface area (Å²) in [4.78, 5) is 23.3. The van der Waals surface area contributed by atoms with E-state index in [4.69, 9.17) is 0 Å². The zero-order chi connectivity index (χ0) is 15.0. The lowest BCUT2D eigenvalue weighted by atomic mass is 10.1. The van der Waals surface area contributed by atoms with E-state index in [-0.39, 0.29) is 23.7 Å². The summed E-state index contributed by atoms with van der Waals surface area (Å²) < 4.78 is 13.7. The molecule has 0 atom stereocenters. The zero-order valence-corrected chi connectivity index (χ0v) is 11.8. The Bertz CT molecular complexity index is 477. The zero-order valence-electron chi connectivity index (χ0n) is 11.8. The van der Waals surface area contributed by atoms with Crippen LogP contribution in [0.3, 0.4) is 0 Å². The van der Waals surface area contributed by atoms with Crippen LogP contribution in [0.25, 0.3) is 0 Å². The highest BCUT2D eigenvalue weighted by molar-refractivity contribution is 6.01. The van der Waals surface area contributed by atoms with Crippen LogP contribution in [0.1, 0.15) is 30.6 Å². The van der Waals surface area contributed by atoms with Gasteiger partial charge < -0.3 is 16.0 Å². The third-order valence-electron chi connectivity index (χ3n) is 2.59. The minimum atomic E-state index is -0.482. The molecule has 2 amide bonds. The Morgan fingerprint density at radius 1 is 1.20 bits per heavy atom. The van der Waals surface area contributed by atoms with E-state index >= 15 is 0 Å². The molecule has 0 fully saturated rings. The number of rotatable bonds is 7. The maximum Gasteiger partial charge on any atom is 0.253 e. The number of anilines is 1. The molecular formula is C14H20FN3O2. The average molecular weight is 281 g/mol. The molecule has 0 heterocycles. The van der Waals surface area contributed by atoms with Crippen molar-refractivity contribution < 1.29 is 14.0 Å². The van der Waals surface area contributed by atoms with Crippen LogP contribution < -0.4 is 16.0 Å². The number of carbonyl (C=O) groups is 2. The summed E-state index contributed by atoms with van der Waals surface area (Å²) in [5.41, 5.74) is 0.366. The monoisotopic (exact) mass is 281 g/mol. The highest BCUT2D eigenvalue weighted by Gasteiger charge is 2.15. The van der Waals surface area contributed by atoms with Crippen molar-refractivity contribution >= 4 is 17.5 Å². The van der Waals surface area contributed by atoms with Crippen molar-refractivity contribution in [1.29, 1.82) is 0 Å². The largest absolute Gasteiger partial charge is 0.382 e. The first-order valence-corrected chi connectivity index (χ1v) is 6.67. The molecule has 1 aromatic rings. The van der Waals surface area contributed by atoms with Gasteiger partial charge in [-0.1, -0.05) is 13.0 Å². The van der Waals surface area contributed by atoms with Crippen molar-refractivity contribution in [3.8, 4) is 0 Å².